The van der Waals surface area contributed by atoms with Gasteiger partial charge in [-0.15, -0.1) is 11.3 Å². The fourth-order valence-corrected chi connectivity index (χ4v) is 4.26. The van der Waals surface area contributed by atoms with E-state index in [1.165, 1.54) is 23.1 Å². The van der Waals surface area contributed by atoms with Crippen molar-refractivity contribution in [1.29, 1.82) is 0 Å². The van der Waals surface area contributed by atoms with Gasteiger partial charge < -0.3 is 0 Å². The molecule has 0 radical (unpaired) electrons. The van der Waals surface area contributed by atoms with Gasteiger partial charge in [0.2, 0.25) is 0 Å². The van der Waals surface area contributed by atoms with Crippen LogP contribution < -0.4 is 0 Å². The number of thiocarbonyl (C=S) groups is 1. The minimum atomic E-state index is -0.0430. The van der Waals surface area contributed by atoms with E-state index in [9.17, 15) is 4.79 Å². The molecule has 112 valence electrons. The van der Waals surface area contributed by atoms with Crippen LogP contribution in [-0.4, -0.2) is 26.7 Å². The smallest absolute Gasteiger partial charge is 0.266 e. The zero-order valence-electron chi connectivity index (χ0n) is 11.6. The minimum absolute atomic E-state index is 0.0430. The van der Waals surface area contributed by atoms with Gasteiger partial charge in [0.25, 0.3) is 5.91 Å². The summed E-state index contributed by atoms with van der Waals surface area (Å²) in [5, 5.41) is 3.53. The lowest BCUT2D eigenvalue weighted by atomic mass is 10.2. The van der Waals surface area contributed by atoms with Gasteiger partial charge in [-0.25, -0.2) is 4.98 Å². The van der Waals surface area contributed by atoms with E-state index >= 15 is 0 Å². The predicted molar refractivity (Wildman–Crippen MR) is 98.1 cm³/mol. The number of likely N-dealkylation sites (N-methyl/N-ethyl adjacent to an activating group) is 1. The third-order valence-corrected chi connectivity index (χ3v) is 5.62. The molecule has 0 saturated carbocycles. The maximum Gasteiger partial charge on any atom is 0.266 e. The number of hydrogen-bond donors (Lipinski definition) is 0. The quantitative estimate of drug-likeness (QED) is 0.583. The van der Waals surface area contributed by atoms with Crippen molar-refractivity contribution >= 4 is 63.2 Å². The lowest BCUT2D eigenvalue weighted by Crippen LogP contribution is -2.27. The summed E-state index contributed by atoms with van der Waals surface area (Å²) < 4.78 is 0.604. The average molecular weight is 367 g/mol. The van der Waals surface area contributed by atoms with E-state index in [4.69, 9.17) is 23.8 Å². The van der Waals surface area contributed by atoms with Crippen LogP contribution in [0.3, 0.4) is 0 Å². The van der Waals surface area contributed by atoms with Crippen molar-refractivity contribution in [3.8, 4) is 10.6 Å². The van der Waals surface area contributed by atoms with Gasteiger partial charge in [0.05, 0.1) is 10.6 Å². The van der Waals surface area contributed by atoms with Crippen molar-refractivity contribution in [2.24, 2.45) is 0 Å². The first-order valence-corrected chi connectivity index (χ1v) is 9.03. The summed E-state index contributed by atoms with van der Waals surface area (Å²) in [6.07, 6.45) is 1.80. The molecule has 0 atom stereocenters. The first kappa shape index (κ1) is 15.7. The number of thioether (sulfide) groups is 1. The Hall–Kier alpha value is -1.21. The Kier molecular flexibility index (Phi) is 4.63. The van der Waals surface area contributed by atoms with Gasteiger partial charge in [-0.05, 0) is 25.1 Å². The fraction of sp³-hybridized carbons (Fsp3) is 0.133. The van der Waals surface area contributed by atoms with Gasteiger partial charge in [0.15, 0.2) is 0 Å². The molecular formula is C15H11ClN2OS3. The second-order valence-corrected chi connectivity index (χ2v) is 7.48. The van der Waals surface area contributed by atoms with E-state index in [2.05, 4.69) is 4.98 Å². The standard InChI is InChI=1S/C15H11ClN2OS3/c1-2-18-14(19)12(22-15(18)20)7-11-8-21-13(17-11)9-3-5-10(16)6-4-9/h3-8H,2H2,1H3/b12-7+. The molecule has 2 aromatic rings. The molecule has 1 aliphatic rings. The maximum atomic E-state index is 12.2. The molecule has 1 saturated heterocycles. The Balaban J connectivity index is 1.86. The zero-order chi connectivity index (χ0) is 15.7. The van der Waals surface area contributed by atoms with Crippen molar-refractivity contribution in [2.75, 3.05) is 6.54 Å². The molecule has 1 aromatic heterocycles. The number of carbonyl (C=O) groups is 1. The Bertz CT molecular complexity index is 767. The number of thiazole rings is 1. The van der Waals surface area contributed by atoms with Crippen LogP contribution in [0, 0.1) is 0 Å². The van der Waals surface area contributed by atoms with Crippen molar-refractivity contribution in [2.45, 2.75) is 6.92 Å². The molecule has 1 fully saturated rings. The molecule has 7 heteroatoms. The lowest BCUT2D eigenvalue weighted by molar-refractivity contribution is -0.121. The van der Waals surface area contributed by atoms with E-state index in [0.717, 1.165) is 16.3 Å². The van der Waals surface area contributed by atoms with Crippen molar-refractivity contribution < 1.29 is 4.79 Å². The van der Waals surface area contributed by atoms with Crippen LogP contribution in [0.5, 0.6) is 0 Å². The second kappa shape index (κ2) is 6.50. The van der Waals surface area contributed by atoms with Crippen LogP contribution in [0.4, 0.5) is 0 Å². The molecular weight excluding hydrogens is 356 g/mol. The molecule has 3 rings (SSSR count). The number of halogens is 1. The van der Waals surface area contributed by atoms with Gasteiger partial charge >= 0.3 is 0 Å². The van der Waals surface area contributed by atoms with Crippen LogP contribution in [0.1, 0.15) is 12.6 Å². The molecule has 1 aliphatic heterocycles. The third kappa shape index (κ3) is 3.10. The number of aromatic nitrogens is 1. The fourth-order valence-electron chi connectivity index (χ4n) is 1.98. The summed E-state index contributed by atoms with van der Waals surface area (Å²) in [5.74, 6) is -0.0430. The maximum absolute atomic E-state index is 12.2. The van der Waals surface area contributed by atoms with Gasteiger partial charge in [-0.1, -0.05) is 47.7 Å². The predicted octanol–water partition coefficient (Wildman–Crippen LogP) is 4.68. The van der Waals surface area contributed by atoms with E-state index in [1.54, 1.807) is 11.0 Å². The molecule has 2 heterocycles. The summed E-state index contributed by atoms with van der Waals surface area (Å²) >= 11 is 14.0. The minimum Gasteiger partial charge on any atom is -0.293 e. The molecule has 0 unspecified atom stereocenters. The molecule has 3 nitrogen and oxygen atoms in total. The Morgan fingerprint density at radius 1 is 1.36 bits per heavy atom. The molecule has 0 bridgehead atoms. The SMILES string of the molecule is CCN1C(=O)/C(=C\c2csc(-c3ccc(Cl)cc3)n2)SC1=S. The topological polar surface area (TPSA) is 33.2 Å². The first-order chi connectivity index (χ1) is 10.6. The molecule has 22 heavy (non-hydrogen) atoms. The van der Waals surface area contributed by atoms with E-state index in [1.807, 2.05) is 36.6 Å². The summed E-state index contributed by atoms with van der Waals surface area (Å²) in [6.45, 7) is 2.50. The molecule has 0 N–H and O–H groups in total. The highest BCUT2D eigenvalue weighted by Crippen LogP contribution is 2.33. The number of amides is 1. The highest BCUT2D eigenvalue weighted by molar-refractivity contribution is 8.26. The number of carbonyl (C=O) groups excluding carboxylic acids is 1. The third-order valence-electron chi connectivity index (χ3n) is 3.08. The van der Waals surface area contributed by atoms with Crippen LogP contribution in [-0.2, 0) is 4.79 Å². The van der Waals surface area contributed by atoms with Crippen LogP contribution >= 0.6 is 46.9 Å². The van der Waals surface area contributed by atoms with Crippen molar-refractivity contribution in [1.82, 2.24) is 9.88 Å². The van der Waals surface area contributed by atoms with E-state index in [-0.39, 0.29) is 5.91 Å². The zero-order valence-corrected chi connectivity index (χ0v) is 14.8. The van der Waals surface area contributed by atoms with Crippen molar-refractivity contribution in [3.63, 3.8) is 0 Å². The highest BCUT2D eigenvalue weighted by Gasteiger charge is 2.30. The van der Waals surface area contributed by atoms with Gasteiger partial charge in [0, 0.05) is 22.5 Å². The number of rotatable bonds is 3. The average Bonchev–Trinajstić information content (AvgIpc) is 3.06. The normalized spacial score (nSPS) is 16.8. The van der Waals surface area contributed by atoms with Crippen LogP contribution in [0.15, 0.2) is 34.6 Å². The molecule has 0 aliphatic carbocycles. The van der Waals surface area contributed by atoms with Crippen LogP contribution in [0.2, 0.25) is 5.02 Å². The van der Waals surface area contributed by atoms with E-state index < -0.39 is 0 Å². The Labute approximate surface area is 147 Å². The number of nitrogens with zero attached hydrogens (tertiary/aromatic N) is 2. The highest BCUT2D eigenvalue weighted by atomic mass is 35.5. The summed E-state index contributed by atoms with van der Waals surface area (Å²) in [6, 6.07) is 7.54. The molecule has 1 aromatic carbocycles. The van der Waals surface area contributed by atoms with Gasteiger partial charge in [0.1, 0.15) is 9.33 Å². The Morgan fingerprint density at radius 2 is 2.09 bits per heavy atom. The van der Waals surface area contributed by atoms with Gasteiger partial charge in [-0.3, -0.25) is 9.69 Å². The first-order valence-electron chi connectivity index (χ1n) is 6.55. The van der Waals surface area contributed by atoms with E-state index in [0.29, 0.717) is 20.8 Å². The number of hydrogen-bond acceptors (Lipinski definition) is 5. The largest absolute Gasteiger partial charge is 0.293 e. The lowest BCUT2D eigenvalue weighted by Gasteiger charge is -2.09. The van der Waals surface area contributed by atoms with Gasteiger partial charge in [-0.2, -0.15) is 0 Å². The summed E-state index contributed by atoms with van der Waals surface area (Å²) in [5.41, 5.74) is 1.78. The van der Waals surface area contributed by atoms with Crippen LogP contribution in [0.25, 0.3) is 16.6 Å². The Morgan fingerprint density at radius 3 is 2.73 bits per heavy atom. The molecule has 1 amide bonds. The number of benzene rings is 1. The van der Waals surface area contributed by atoms with Crippen molar-refractivity contribution in [3.05, 3.63) is 45.3 Å². The second-order valence-electron chi connectivity index (χ2n) is 4.51. The monoisotopic (exact) mass is 366 g/mol. The summed E-state index contributed by atoms with van der Waals surface area (Å²) in [4.78, 5) is 19.0. The summed E-state index contributed by atoms with van der Waals surface area (Å²) in [7, 11) is 0. The molecule has 0 spiro atoms.